The molecule has 0 bridgehead atoms. The summed E-state index contributed by atoms with van der Waals surface area (Å²) in [5, 5.41) is 2.66. The molecule has 0 spiro atoms. The highest BCUT2D eigenvalue weighted by Crippen LogP contribution is 2.24. The van der Waals surface area contributed by atoms with E-state index in [1.165, 1.54) is 11.1 Å². The minimum Gasteiger partial charge on any atom is -0.457 e. The molecule has 143 valence electrons. The lowest BCUT2D eigenvalue weighted by Crippen LogP contribution is -2.27. The molecule has 3 rings (SSSR count). The predicted octanol–water partition coefficient (Wildman–Crippen LogP) is 6.22. The first kappa shape index (κ1) is 19.5. The van der Waals surface area contributed by atoms with Crippen LogP contribution in [-0.2, 0) is 11.2 Å². The molecule has 0 saturated carbocycles. The third-order valence-electron chi connectivity index (χ3n) is 3.81. The van der Waals surface area contributed by atoms with E-state index in [-0.39, 0.29) is 0 Å². The van der Waals surface area contributed by atoms with Gasteiger partial charge in [-0.3, -0.25) is 5.32 Å². The standard InChI is InChI=1S/C24H24NO3/c1-24(2,3)28-23(26)25-20-10-7-11-22(17-20)27-21-14-12-19(13-15-21)16-18-8-5-4-6-9-18/h4-15H,16H2,1-3H3,(H,25,26). The molecule has 1 amide bonds. The molecule has 3 aromatic rings. The van der Waals surface area contributed by atoms with Crippen LogP contribution >= 0.6 is 0 Å². The molecule has 0 saturated heterocycles. The van der Waals surface area contributed by atoms with Crippen LogP contribution < -0.4 is 10.1 Å². The van der Waals surface area contributed by atoms with Crippen molar-refractivity contribution in [3.05, 3.63) is 90.0 Å². The van der Waals surface area contributed by atoms with Gasteiger partial charge in [0.15, 0.2) is 0 Å². The van der Waals surface area contributed by atoms with Gasteiger partial charge < -0.3 is 9.47 Å². The molecule has 0 atom stereocenters. The fraction of sp³-hybridized carbons (Fsp3) is 0.208. The minimum absolute atomic E-state index is 0.493. The van der Waals surface area contributed by atoms with Crippen molar-refractivity contribution in [3.63, 3.8) is 0 Å². The van der Waals surface area contributed by atoms with Crippen LogP contribution in [0, 0.1) is 6.07 Å². The van der Waals surface area contributed by atoms with E-state index < -0.39 is 11.7 Å². The lowest BCUT2D eigenvalue weighted by Gasteiger charge is -2.19. The van der Waals surface area contributed by atoms with Crippen molar-refractivity contribution in [1.82, 2.24) is 0 Å². The smallest absolute Gasteiger partial charge is 0.412 e. The van der Waals surface area contributed by atoms with Crippen molar-refractivity contribution in [2.75, 3.05) is 5.32 Å². The zero-order valence-corrected chi connectivity index (χ0v) is 16.4. The van der Waals surface area contributed by atoms with E-state index in [4.69, 9.17) is 9.47 Å². The number of benzene rings is 3. The van der Waals surface area contributed by atoms with E-state index in [1.807, 2.05) is 63.2 Å². The second-order valence-corrected chi connectivity index (χ2v) is 7.46. The van der Waals surface area contributed by atoms with Crippen molar-refractivity contribution in [2.24, 2.45) is 0 Å². The molecular weight excluding hydrogens is 350 g/mol. The van der Waals surface area contributed by atoms with E-state index in [2.05, 4.69) is 23.5 Å². The van der Waals surface area contributed by atoms with Crippen LogP contribution in [0.4, 0.5) is 10.5 Å². The molecule has 0 fully saturated rings. The molecule has 1 N–H and O–H groups in total. The van der Waals surface area contributed by atoms with Crippen molar-refractivity contribution in [1.29, 1.82) is 0 Å². The first-order valence-electron chi connectivity index (χ1n) is 9.20. The van der Waals surface area contributed by atoms with Gasteiger partial charge >= 0.3 is 6.09 Å². The van der Waals surface area contributed by atoms with Crippen LogP contribution in [-0.4, -0.2) is 11.7 Å². The van der Waals surface area contributed by atoms with E-state index >= 15 is 0 Å². The van der Waals surface area contributed by atoms with Crippen LogP contribution in [0.25, 0.3) is 0 Å². The van der Waals surface area contributed by atoms with Gasteiger partial charge in [0.25, 0.3) is 0 Å². The average Bonchev–Trinajstić information content (AvgIpc) is 2.63. The molecule has 4 heteroatoms. The Morgan fingerprint density at radius 2 is 1.57 bits per heavy atom. The van der Waals surface area contributed by atoms with Gasteiger partial charge in [-0.2, -0.15) is 0 Å². The van der Waals surface area contributed by atoms with Gasteiger partial charge in [-0.15, -0.1) is 0 Å². The van der Waals surface area contributed by atoms with Crippen molar-refractivity contribution >= 4 is 11.8 Å². The summed E-state index contributed by atoms with van der Waals surface area (Å²) in [6.45, 7) is 5.45. The van der Waals surface area contributed by atoms with Gasteiger partial charge in [0.05, 0.1) is 11.8 Å². The van der Waals surface area contributed by atoms with E-state index in [1.54, 1.807) is 18.2 Å². The van der Waals surface area contributed by atoms with Gasteiger partial charge in [-0.1, -0.05) is 48.5 Å². The highest BCUT2D eigenvalue weighted by atomic mass is 16.6. The Morgan fingerprint density at radius 3 is 2.25 bits per heavy atom. The Hall–Kier alpha value is -3.27. The van der Waals surface area contributed by atoms with Crippen molar-refractivity contribution < 1.29 is 14.3 Å². The van der Waals surface area contributed by atoms with Gasteiger partial charge in [0.1, 0.15) is 17.1 Å². The van der Waals surface area contributed by atoms with E-state index in [0.29, 0.717) is 17.2 Å². The Balaban J connectivity index is 1.61. The Labute approximate surface area is 166 Å². The largest absolute Gasteiger partial charge is 0.457 e. The zero-order chi connectivity index (χ0) is 20.0. The summed E-state index contributed by atoms with van der Waals surface area (Å²) in [5.74, 6) is 1.23. The van der Waals surface area contributed by atoms with Gasteiger partial charge in [0.2, 0.25) is 0 Å². The third-order valence-corrected chi connectivity index (χ3v) is 3.81. The summed E-state index contributed by atoms with van der Waals surface area (Å²) in [6, 6.07) is 26.6. The number of carbonyl (C=O) groups is 1. The fourth-order valence-corrected chi connectivity index (χ4v) is 2.63. The number of anilines is 1. The first-order valence-corrected chi connectivity index (χ1v) is 9.20. The molecule has 0 aliphatic carbocycles. The molecule has 0 aromatic heterocycles. The Bertz CT molecular complexity index is 913. The number of ether oxygens (including phenoxy) is 2. The quantitative estimate of drug-likeness (QED) is 0.577. The summed E-state index contributed by atoms with van der Waals surface area (Å²) in [7, 11) is 0. The Morgan fingerprint density at radius 1 is 0.893 bits per heavy atom. The van der Waals surface area contributed by atoms with Crippen LogP contribution in [0.15, 0.2) is 72.8 Å². The molecule has 0 aliphatic rings. The number of hydrogen-bond donors (Lipinski definition) is 1. The number of carbonyl (C=O) groups excluding carboxylic acids is 1. The van der Waals surface area contributed by atoms with Gasteiger partial charge in [-0.05, 0) is 62.6 Å². The summed E-state index contributed by atoms with van der Waals surface area (Å²) in [6.07, 6.45) is 0.355. The van der Waals surface area contributed by atoms with Gasteiger partial charge in [-0.25, -0.2) is 4.79 Å². The molecule has 0 aliphatic heterocycles. The van der Waals surface area contributed by atoms with Crippen molar-refractivity contribution in [2.45, 2.75) is 32.8 Å². The van der Waals surface area contributed by atoms with Crippen LogP contribution in [0.5, 0.6) is 11.5 Å². The molecule has 28 heavy (non-hydrogen) atoms. The molecule has 3 aromatic carbocycles. The average molecular weight is 374 g/mol. The van der Waals surface area contributed by atoms with Gasteiger partial charge in [0, 0.05) is 0 Å². The zero-order valence-electron chi connectivity index (χ0n) is 16.4. The molecule has 1 radical (unpaired) electrons. The topological polar surface area (TPSA) is 47.6 Å². The molecule has 0 unspecified atom stereocenters. The maximum Gasteiger partial charge on any atom is 0.412 e. The summed E-state index contributed by atoms with van der Waals surface area (Å²) < 4.78 is 11.1. The predicted molar refractivity (Wildman–Crippen MR) is 111 cm³/mol. The monoisotopic (exact) mass is 374 g/mol. The molecular formula is C24H24NO3. The first-order chi connectivity index (χ1) is 13.4. The normalized spacial score (nSPS) is 11.0. The maximum absolute atomic E-state index is 11.9. The number of hydrogen-bond acceptors (Lipinski definition) is 3. The second-order valence-electron chi connectivity index (χ2n) is 7.46. The molecule has 0 heterocycles. The lowest BCUT2D eigenvalue weighted by molar-refractivity contribution is 0.0636. The summed E-state index contributed by atoms with van der Waals surface area (Å²) in [5.41, 5.74) is 2.42. The highest BCUT2D eigenvalue weighted by molar-refractivity contribution is 5.84. The number of amides is 1. The second kappa shape index (κ2) is 8.61. The lowest BCUT2D eigenvalue weighted by atomic mass is 10.1. The maximum atomic E-state index is 11.9. The van der Waals surface area contributed by atoms with Crippen LogP contribution in [0.3, 0.4) is 0 Å². The minimum atomic E-state index is -0.556. The van der Waals surface area contributed by atoms with Crippen LogP contribution in [0.1, 0.15) is 31.9 Å². The summed E-state index contributed by atoms with van der Waals surface area (Å²) >= 11 is 0. The third kappa shape index (κ3) is 6.16. The molecule has 4 nitrogen and oxygen atoms in total. The number of rotatable bonds is 5. The van der Waals surface area contributed by atoms with E-state index in [0.717, 1.165) is 6.42 Å². The summed E-state index contributed by atoms with van der Waals surface area (Å²) in [4.78, 5) is 11.9. The van der Waals surface area contributed by atoms with Crippen molar-refractivity contribution in [3.8, 4) is 11.5 Å². The van der Waals surface area contributed by atoms with Crippen LogP contribution in [0.2, 0.25) is 0 Å². The highest BCUT2D eigenvalue weighted by Gasteiger charge is 2.16. The fourth-order valence-electron chi connectivity index (χ4n) is 2.63. The Kier molecular flexibility index (Phi) is 5.99. The van der Waals surface area contributed by atoms with E-state index in [9.17, 15) is 4.79 Å². The SMILES string of the molecule is CC(C)(C)OC(=O)Nc1[c]c(Oc2ccc(Cc3ccccc3)cc2)ccc1. The number of nitrogens with one attached hydrogen (secondary N) is 1.